The number of aliphatic imine (C=N–C) groups is 1. The molecule has 0 radical (unpaired) electrons. The van der Waals surface area contributed by atoms with Gasteiger partial charge in [0, 0.05) is 19.6 Å². The summed E-state index contributed by atoms with van der Waals surface area (Å²) in [5.41, 5.74) is 16.3. The molecule has 288 valence electrons. The number of aliphatic carboxylic acids is 1. The van der Waals surface area contributed by atoms with Gasteiger partial charge in [-0.2, -0.15) is 0 Å². The number of hydrogen-bond acceptors (Lipinski definition) is 11. The van der Waals surface area contributed by atoms with Gasteiger partial charge in [-0.25, -0.2) is 4.79 Å². The van der Waals surface area contributed by atoms with Crippen molar-refractivity contribution in [2.75, 3.05) is 32.8 Å². The molecule has 8 atom stereocenters. The number of aliphatic hydroxyl groups is 2. The predicted molar refractivity (Wildman–Crippen MR) is 182 cm³/mol. The van der Waals surface area contributed by atoms with Crippen molar-refractivity contribution in [3.63, 3.8) is 0 Å². The first-order chi connectivity index (χ1) is 24.1. The first-order valence-electron chi connectivity index (χ1n) is 17.2. The van der Waals surface area contributed by atoms with E-state index in [4.69, 9.17) is 17.2 Å². The van der Waals surface area contributed by atoms with Crippen LogP contribution >= 0.6 is 0 Å². The van der Waals surface area contributed by atoms with Crippen LogP contribution in [0.2, 0.25) is 0 Å². The van der Waals surface area contributed by atoms with Crippen LogP contribution in [0.15, 0.2) is 4.99 Å². The molecule has 2 rings (SSSR count). The van der Waals surface area contributed by atoms with Gasteiger partial charge in [0.05, 0.1) is 19.3 Å². The molecule has 2 saturated heterocycles. The highest BCUT2D eigenvalue weighted by Crippen LogP contribution is 2.21. The molecule has 20 heteroatoms. The van der Waals surface area contributed by atoms with Gasteiger partial charge in [-0.15, -0.1) is 0 Å². The zero-order chi connectivity index (χ0) is 38.4. The first kappa shape index (κ1) is 42.6. The second-order valence-corrected chi connectivity index (χ2v) is 12.9. The summed E-state index contributed by atoms with van der Waals surface area (Å²) in [4.78, 5) is 97.0. The molecule has 6 amide bonds. The van der Waals surface area contributed by atoms with E-state index >= 15 is 0 Å². The van der Waals surface area contributed by atoms with Crippen LogP contribution in [0.5, 0.6) is 0 Å². The zero-order valence-corrected chi connectivity index (χ0v) is 29.4. The summed E-state index contributed by atoms with van der Waals surface area (Å²) in [6, 6.07) is -8.38. The van der Waals surface area contributed by atoms with E-state index in [1.165, 1.54) is 11.8 Å². The van der Waals surface area contributed by atoms with Crippen LogP contribution in [0.1, 0.15) is 65.7 Å². The van der Waals surface area contributed by atoms with Gasteiger partial charge in [0.2, 0.25) is 35.4 Å². The van der Waals surface area contributed by atoms with E-state index in [0.717, 1.165) is 4.90 Å². The van der Waals surface area contributed by atoms with Crippen molar-refractivity contribution in [2.24, 2.45) is 28.1 Å². The number of likely N-dealkylation sites (tertiary alicyclic amines) is 2. The van der Waals surface area contributed by atoms with Gasteiger partial charge in [0.25, 0.3) is 0 Å². The maximum atomic E-state index is 13.6. The lowest BCUT2D eigenvalue weighted by atomic mass is 9.97. The second kappa shape index (κ2) is 20.3. The molecule has 0 bridgehead atoms. The molecule has 0 unspecified atom stereocenters. The lowest BCUT2D eigenvalue weighted by Gasteiger charge is -2.32. The monoisotopic (exact) mass is 726 g/mol. The van der Waals surface area contributed by atoms with E-state index < -0.39 is 103 Å². The topological polar surface area (TPSA) is 325 Å². The van der Waals surface area contributed by atoms with Gasteiger partial charge in [-0.1, -0.05) is 20.3 Å². The van der Waals surface area contributed by atoms with Gasteiger partial charge >= 0.3 is 5.97 Å². The number of hydrogen-bond donors (Lipinski definition) is 10. The zero-order valence-electron chi connectivity index (χ0n) is 29.4. The number of nitrogens with one attached hydrogen (secondary N) is 4. The van der Waals surface area contributed by atoms with Crippen molar-refractivity contribution >= 4 is 47.4 Å². The number of carbonyl (C=O) groups excluding carboxylic acids is 6. The number of guanidine groups is 1. The Labute approximate surface area is 296 Å². The Morgan fingerprint density at radius 1 is 0.784 bits per heavy atom. The number of carboxylic acids is 1. The van der Waals surface area contributed by atoms with Crippen LogP contribution in [-0.2, 0) is 33.6 Å². The van der Waals surface area contributed by atoms with Crippen LogP contribution in [0.3, 0.4) is 0 Å². The van der Waals surface area contributed by atoms with Crippen molar-refractivity contribution in [3.8, 4) is 0 Å². The number of nitrogens with two attached hydrogens (primary N) is 3. The average molecular weight is 727 g/mol. The molecule has 2 heterocycles. The fraction of sp³-hybridized carbons (Fsp3) is 0.742. The minimum atomic E-state index is -1.48. The average Bonchev–Trinajstić information content (AvgIpc) is 3.79. The molecule has 2 aliphatic rings. The fourth-order valence-electron chi connectivity index (χ4n) is 5.92. The molecule has 13 N–H and O–H groups in total. The highest BCUT2D eigenvalue weighted by atomic mass is 16.4. The quantitative estimate of drug-likeness (QED) is 0.0341. The molecule has 2 aliphatic heterocycles. The maximum absolute atomic E-state index is 13.6. The van der Waals surface area contributed by atoms with Crippen molar-refractivity contribution in [1.82, 2.24) is 31.1 Å². The Morgan fingerprint density at radius 2 is 1.29 bits per heavy atom. The molecular weight excluding hydrogens is 672 g/mol. The Bertz CT molecular complexity index is 1290. The molecule has 0 aromatic rings. The Hall–Kier alpha value is -4.56. The van der Waals surface area contributed by atoms with Crippen LogP contribution < -0.4 is 38.5 Å². The lowest BCUT2D eigenvalue weighted by Crippen LogP contribution is -2.61. The van der Waals surface area contributed by atoms with E-state index in [9.17, 15) is 48.9 Å². The SMILES string of the molecule is CC[C@H](C)[C@H](NC(=O)[C@@H]1CCCN1C(=O)[C@H](CO)NC(=O)[C@H](CCCN=C(N)N)NC(=O)[C@H](C)N)C(=O)N[C@@H](CO)C(=O)N1CCC[C@H]1C(=O)O. The number of carboxylic acid groups (broad SMARTS) is 1. The summed E-state index contributed by atoms with van der Waals surface area (Å²) in [6.45, 7) is 3.67. The van der Waals surface area contributed by atoms with Gasteiger partial charge in [0.15, 0.2) is 5.96 Å². The molecule has 2 fully saturated rings. The summed E-state index contributed by atoms with van der Waals surface area (Å²) in [5, 5.41) is 39.6. The summed E-state index contributed by atoms with van der Waals surface area (Å²) < 4.78 is 0. The van der Waals surface area contributed by atoms with Gasteiger partial charge in [0.1, 0.15) is 36.3 Å². The second-order valence-electron chi connectivity index (χ2n) is 12.9. The maximum Gasteiger partial charge on any atom is 0.326 e. The molecule has 20 nitrogen and oxygen atoms in total. The van der Waals surface area contributed by atoms with Crippen molar-refractivity contribution in [2.45, 2.75) is 108 Å². The summed E-state index contributed by atoms with van der Waals surface area (Å²) in [7, 11) is 0. The first-order valence-corrected chi connectivity index (χ1v) is 17.2. The summed E-state index contributed by atoms with van der Waals surface area (Å²) >= 11 is 0. The molecular formula is C31H54N10O10. The number of rotatable bonds is 19. The third-order valence-electron chi connectivity index (χ3n) is 9.04. The smallest absolute Gasteiger partial charge is 0.326 e. The molecule has 0 saturated carbocycles. The standard InChI is InChI=1S/C31H54N10O10/c1-4-16(2)23(27(47)38-20(15-43)29(49)41-13-7-10-22(41)30(50)51)39-26(46)21-9-6-12-40(21)28(48)19(14-42)37-25(45)18(36-24(44)17(3)32)8-5-11-35-31(33)34/h16-23,42-43H,4-15,32H2,1-3H3,(H,36,44)(H,37,45)(H,38,47)(H,39,46)(H,50,51)(H4,33,34,35)/t16-,17-,18-,19-,20-,21-,22-,23-/m0/s1. The van der Waals surface area contributed by atoms with Crippen LogP contribution in [0.25, 0.3) is 0 Å². The third kappa shape index (κ3) is 12.0. The van der Waals surface area contributed by atoms with E-state index in [1.807, 2.05) is 0 Å². The molecule has 0 aromatic carbocycles. The Balaban J connectivity index is 2.17. The summed E-state index contributed by atoms with van der Waals surface area (Å²) in [6.07, 6.45) is 2.06. The van der Waals surface area contributed by atoms with E-state index in [2.05, 4.69) is 26.3 Å². The van der Waals surface area contributed by atoms with Crippen LogP contribution in [0.4, 0.5) is 0 Å². The van der Waals surface area contributed by atoms with Gasteiger partial charge in [-0.05, 0) is 51.4 Å². The minimum absolute atomic E-state index is 0.0716. The number of amides is 6. The van der Waals surface area contributed by atoms with Crippen molar-refractivity contribution in [1.29, 1.82) is 0 Å². The Morgan fingerprint density at radius 3 is 1.78 bits per heavy atom. The molecule has 0 aromatic heterocycles. The largest absolute Gasteiger partial charge is 0.480 e. The normalized spacial score (nSPS) is 20.6. The van der Waals surface area contributed by atoms with Gasteiger partial charge in [-0.3, -0.25) is 33.8 Å². The lowest BCUT2D eigenvalue weighted by molar-refractivity contribution is -0.150. The van der Waals surface area contributed by atoms with E-state index in [0.29, 0.717) is 19.3 Å². The minimum Gasteiger partial charge on any atom is -0.480 e. The van der Waals surface area contributed by atoms with Crippen LogP contribution in [-0.4, -0.2) is 148 Å². The predicted octanol–water partition coefficient (Wildman–Crippen LogP) is -4.58. The number of carbonyl (C=O) groups is 7. The van der Waals surface area contributed by atoms with Crippen molar-refractivity contribution < 1.29 is 48.9 Å². The van der Waals surface area contributed by atoms with E-state index in [1.54, 1.807) is 13.8 Å². The molecule has 51 heavy (non-hydrogen) atoms. The fourth-order valence-corrected chi connectivity index (χ4v) is 5.92. The highest BCUT2D eigenvalue weighted by Gasteiger charge is 2.41. The highest BCUT2D eigenvalue weighted by molar-refractivity contribution is 5.97. The third-order valence-corrected chi connectivity index (χ3v) is 9.04. The van der Waals surface area contributed by atoms with E-state index in [-0.39, 0.29) is 51.3 Å². The molecule has 0 spiro atoms. The summed E-state index contributed by atoms with van der Waals surface area (Å²) in [5.74, 6) is -6.23. The number of nitrogens with zero attached hydrogens (tertiary/aromatic N) is 3. The molecule has 0 aliphatic carbocycles. The number of aliphatic hydroxyl groups excluding tert-OH is 2. The Kier molecular flexibility index (Phi) is 17.0. The van der Waals surface area contributed by atoms with Gasteiger partial charge < -0.3 is 63.6 Å². The van der Waals surface area contributed by atoms with Crippen LogP contribution in [0, 0.1) is 5.92 Å². The van der Waals surface area contributed by atoms with Crippen molar-refractivity contribution in [3.05, 3.63) is 0 Å².